The molecule has 0 radical (unpaired) electrons. The van der Waals surface area contributed by atoms with Crippen LogP contribution in [0.5, 0.6) is 0 Å². The number of benzene rings is 1. The highest BCUT2D eigenvalue weighted by Gasteiger charge is 2.28. The average Bonchev–Trinajstić information content (AvgIpc) is 2.68. The molecule has 1 aliphatic rings. The van der Waals surface area contributed by atoms with Gasteiger partial charge in [-0.25, -0.2) is 9.69 Å². The summed E-state index contributed by atoms with van der Waals surface area (Å²) in [6.45, 7) is 0. The Bertz CT molecular complexity index is 739. The van der Waals surface area contributed by atoms with Crippen LogP contribution in [0.15, 0.2) is 51.7 Å². The Labute approximate surface area is 101 Å². The third kappa shape index (κ3) is 1.45. The summed E-state index contributed by atoms with van der Waals surface area (Å²) < 4.78 is 5.07. The highest BCUT2D eigenvalue weighted by atomic mass is 16.4. The number of anilines is 1. The number of imide groups is 1. The van der Waals surface area contributed by atoms with Crippen LogP contribution in [0.4, 0.5) is 5.69 Å². The average molecular weight is 241 g/mol. The summed E-state index contributed by atoms with van der Waals surface area (Å²) in [6, 6.07) is 8.37. The van der Waals surface area contributed by atoms with E-state index in [2.05, 4.69) is 0 Å². The molecule has 0 saturated heterocycles. The maximum absolute atomic E-state index is 11.8. The molecule has 2 amide bonds. The third-order valence-corrected chi connectivity index (χ3v) is 2.67. The molecule has 2 heterocycles. The number of amides is 2. The number of nitrogens with zero attached hydrogens (tertiary/aromatic N) is 1. The van der Waals surface area contributed by atoms with Crippen LogP contribution in [0.3, 0.4) is 0 Å². The van der Waals surface area contributed by atoms with Crippen molar-refractivity contribution in [1.29, 1.82) is 0 Å². The van der Waals surface area contributed by atoms with Gasteiger partial charge in [0.2, 0.25) is 0 Å². The Morgan fingerprint density at radius 3 is 2.33 bits per heavy atom. The second-order valence-corrected chi connectivity index (χ2v) is 3.80. The van der Waals surface area contributed by atoms with Crippen molar-refractivity contribution in [3.05, 3.63) is 52.9 Å². The van der Waals surface area contributed by atoms with Crippen molar-refractivity contribution in [2.75, 3.05) is 4.90 Å². The van der Waals surface area contributed by atoms with E-state index < -0.39 is 17.4 Å². The van der Waals surface area contributed by atoms with E-state index in [1.54, 1.807) is 24.3 Å². The van der Waals surface area contributed by atoms with Crippen LogP contribution < -0.4 is 10.5 Å². The Morgan fingerprint density at radius 1 is 0.944 bits per heavy atom. The minimum absolute atomic E-state index is 0.0614. The predicted octanol–water partition coefficient (Wildman–Crippen LogP) is 1.22. The van der Waals surface area contributed by atoms with Gasteiger partial charge in [-0.15, -0.1) is 0 Å². The maximum atomic E-state index is 11.8. The van der Waals surface area contributed by atoms with Crippen LogP contribution in [0.1, 0.15) is 0 Å². The Balaban J connectivity index is 2.24. The molecule has 1 aromatic carbocycles. The zero-order chi connectivity index (χ0) is 12.7. The summed E-state index contributed by atoms with van der Waals surface area (Å²) in [5.74, 6) is -1.08. The van der Waals surface area contributed by atoms with Gasteiger partial charge in [0.25, 0.3) is 11.8 Å². The normalized spacial score (nSPS) is 14.8. The van der Waals surface area contributed by atoms with Crippen molar-refractivity contribution in [3.63, 3.8) is 0 Å². The van der Waals surface area contributed by atoms with Gasteiger partial charge in [0, 0.05) is 17.5 Å². The van der Waals surface area contributed by atoms with E-state index in [4.69, 9.17) is 4.42 Å². The number of fused-ring (bicyclic) bond motifs is 1. The van der Waals surface area contributed by atoms with Crippen LogP contribution in [0.2, 0.25) is 0 Å². The summed E-state index contributed by atoms with van der Waals surface area (Å²) in [4.78, 5) is 35.6. The van der Waals surface area contributed by atoms with Gasteiger partial charge in [-0.3, -0.25) is 9.59 Å². The summed E-state index contributed by atoms with van der Waals surface area (Å²) in [5.41, 5.74) is -0.355. The number of hydrogen-bond donors (Lipinski definition) is 0. The lowest BCUT2D eigenvalue weighted by molar-refractivity contribution is -0.120. The largest absolute Gasteiger partial charge is 0.421 e. The van der Waals surface area contributed by atoms with Gasteiger partial charge in [0.15, 0.2) is 0 Å². The van der Waals surface area contributed by atoms with Crippen molar-refractivity contribution < 1.29 is 14.0 Å². The molecule has 1 aliphatic heterocycles. The van der Waals surface area contributed by atoms with E-state index in [1.807, 2.05) is 0 Å². The van der Waals surface area contributed by atoms with Crippen molar-refractivity contribution in [3.8, 4) is 0 Å². The van der Waals surface area contributed by atoms with E-state index >= 15 is 0 Å². The lowest BCUT2D eigenvalue weighted by atomic mass is 10.2. The van der Waals surface area contributed by atoms with Gasteiger partial charge in [0.1, 0.15) is 11.3 Å². The summed E-state index contributed by atoms with van der Waals surface area (Å²) in [7, 11) is 0. The van der Waals surface area contributed by atoms with Crippen LogP contribution >= 0.6 is 0 Å². The van der Waals surface area contributed by atoms with Gasteiger partial charge < -0.3 is 4.42 Å². The molecule has 0 atom stereocenters. The lowest BCUT2D eigenvalue weighted by Crippen LogP contribution is -2.33. The molecular weight excluding hydrogens is 234 g/mol. The third-order valence-electron chi connectivity index (χ3n) is 2.67. The molecule has 5 heteroatoms. The van der Waals surface area contributed by atoms with Gasteiger partial charge >= 0.3 is 5.63 Å². The first-order valence-corrected chi connectivity index (χ1v) is 5.26. The highest BCUT2D eigenvalue weighted by Crippen LogP contribution is 2.20. The number of carbonyl (C=O) groups excluding carboxylic acids is 2. The molecule has 0 aliphatic carbocycles. The second-order valence-electron chi connectivity index (χ2n) is 3.80. The van der Waals surface area contributed by atoms with Gasteiger partial charge in [-0.05, 0) is 12.1 Å². The molecule has 5 nitrogen and oxygen atoms in total. The van der Waals surface area contributed by atoms with Crippen LogP contribution in [0, 0.1) is 0 Å². The molecule has 0 spiro atoms. The number of para-hydroxylation sites is 1. The van der Waals surface area contributed by atoms with Crippen molar-refractivity contribution in [2.24, 2.45) is 0 Å². The zero-order valence-corrected chi connectivity index (χ0v) is 9.12. The van der Waals surface area contributed by atoms with E-state index in [-0.39, 0.29) is 5.69 Å². The van der Waals surface area contributed by atoms with Gasteiger partial charge in [0.05, 0.1) is 0 Å². The summed E-state index contributed by atoms with van der Waals surface area (Å²) in [5, 5.41) is 0.652. The summed E-state index contributed by atoms with van der Waals surface area (Å²) in [6.07, 6.45) is 2.24. The van der Waals surface area contributed by atoms with E-state index in [1.165, 1.54) is 6.07 Å². The second kappa shape index (κ2) is 3.66. The first-order valence-electron chi connectivity index (χ1n) is 5.26. The first-order chi connectivity index (χ1) is 8.66. The minimum Gasteiger partial charge on any atom is -0.421 e. The molecule has 0 fully saturated rings. The fraction of sp³-hybridized carbons (Fsp3) is 0. The Hall–Kier alpha value is -2.69. The molecule has 3 rings (SSSR count). The standard InChI is InChI=1S/C13H7NO4/c15-11-5-6-12(16)14(11)9-7-8-3-1-2-4-10(8)18-13(9)17/h1-7H. The van der Waals surface area contributed by atoms with Crippen LogP contribution in [-0.2, 0) is 9.59 Å². The number of hydrogen-bond acceptors (Lipinski definition) is 4. The van der Waals surface area contributed by atoms with Crippen molar-refractivity contribution in [2.45, 2.75) is 0 Å². The molecule has 0 bridgehead atoms. The number of rotatable bonds is 1. The zero-order valence-electron chi connectivity index (χ0n) is 9.12. The van der Waals surface area contributed by atoms with E-state index in [0.717, 1.165) is 17.1 Å². The highest BCUT2D eigenvalue weighted by molar-refractivity contribution is 6.28. The maximum Gasteiger partial charge on any atom is 0.360 e. The Morgan fingerprint density at radius 2 is 1.61 bits per heavy atom. The van der Waals surface area contributed by atoms with E-state index in [0.29, 0.717) is 11.0 Å². The Kier molecular flexibility index (Phi) is 2.13. The van der Waals surface area contributed by atoms with E-state index in [9.17, 15) is 14.4 Å². The minimum atomic E-state index is -0.709. The van der Waals surface area contributed by atoms with Crippen LogP contribution in [0.25, 0.3) is 11.0 Å². The fourth-order valence-electron chi connectivity index (χ4n) is 1.84. The van der Waals surface area contributed by atoms with Crippen LogP contribution in [-0.4, -0.2) is 11.8 Å². The van der Waals surface area contributed by atoms with Gasteiger partial charge in [-0.2, -0.15) is 0 Å². The molecular formula is C13H7NO4. The van der Waals surface area contributed by atoms with Crippen molar-refractivity contribution >= 4 is 28.5 Å². The topological polar surface area (TPSA) is 67.6 Å². The molecule has 88 valence electrons. The molecule has 18 heavy (non-hydrogen) atoms. The number of carbonyl (C=O) groups is 2. The SMILES string of the molecule is O=C1C=CC(=O)N1c1cc2ccccc2oc1=O. The predicted molar refractivity (Wildman–Crippen MR) is 64.1 cm³/mol. The monoisotopic (exact) mass is 241 g/mol. The van der Waals surface area contributed by atoms with Crippen molar-refractivity contribution in [1.82, 2.24) is 0 Å². The molecule has 0 N–H and O–H groups in total. The lowest BCUT2D eigenvalue weighted by Gasteiger charge is -2.12. The smallest absolute Gasteiger partial charge is 0.360 e. The molecule has 1 aromatic heterocycles. The van der Waals surface area contributed by atoms with Gasteiger partial charge in [-0.1, -0.05) is 18.2 Å². The molecule has 2 aromatic rings. The quantitative estimate of drug-likeness (QED) is 0.556. The summed E-state index contributed by atoms with van der Waals surface area (Å²) >= 11 is 0. The fourth-order valence-corrected chi connectivity index (χ4v) is 1.84. The first kappa shape index (κ1) is 10.5. The molecule has 0 unspecified atom stereocenters. The molecule has 0 saturated carbocycles.